The van der Waals surface area contributed by atoms with Gasteiger partial charge in [-0.25, -0.2) is 4.68 Å². The smallest absolute Gasteiger partial charge is 0.276 e. The van der Waals surface area contributed by atoms with E-state index >= 15 is 0 Å². The van der Waals surface area contributed by atoms with E-state index < -0.39 is 10.8 Å². The van der Waals surface area contributed by atoms with Crippen LogP contribution in [0.4, 0.5) is 17.1 Å². The molecule has 142 valence electrons. The van der Waals surface area contributed by atoms with Gasteiger partial charge in [-0.1, -0.05) is 12.1 Å². The van der Waals surface area contributed by atoms with Gasteiger partial charge in [0.25, 0.3) is 11.6 Å². The molecule has 0 aliphatic heterocycles. The molecule has 0 spiro atoms. The van der Waals surface area contributed by atoms with Crippen LogP contribution in [0.2, 0.25) is 0 Å². The minimum atomic E-state index is -0.495. The SMILES string of the molecule is CC(=O)Nc1cc(NC(=O)c2ccn(-c3cccc([N+](=O)[O-])c3)n2)ccc1C. The van der Waals surface area contributed by atoms with Gasteiger partial charge in [-0.2, -0.15) is 5.10 Å². The van der Waals surface area contributed by atoms with E-state index in [1.54, 1.807) is 36.5 Å². The number of aromatic nitrogens is 2. The first-order chi connectivity index (χ1) is 13.3. The van der Waals surface area contributed by atoms with E-state index in [-0.39, 0.29) is 17.3 Å². The Kier molecular flexibility index (Phi) is 5.16. The van der Waals surface area contributed by atoms with Crippen LogP contribution in [0.5, 0.6) is 0 Å². The van der Waals surface area contributed by atoms with Crippen molar-refractivity contribution in [3.05, 3.63) is 76.1 Å². The van der Waals surface area contributed by atoms with Crippen molar-refractivity contribution in [1.29, 1.82) is 0 Å². The highest BCUT2D eigenvalue weighted by molar-refractivity contribution is 6.03. The van der Waals surface area contributed by atoms with E-state index in [2.05, 4.69) is 15.7 Å². The monoisotopic (exact) mass is 379 g/mol. The van der Waals surface area contributed by atoms with Gasteiger partial charge >= 0.3 is 0 Å². The number of nitro benzene ring substituents is 1. The maximum Gasteiger partial charge on any atom is 0.276 e. The summed E-state index contributed by atoms with van der Waals surface area (Å²) in [6.07, 6.45) is 1.55. The first kappa shape index (κ1) is 18.8. The maximum atomic E-state index is 12.5. The van der Waals surface area contributed by atoms with E-state index in [4.69, 9.17) is 0 Å². The second kappa shape index (κ2) is 7.70. The molecule has 2 aromatic carbocycles. The largest absolute Gasteiger partial charge is 0.326 e. The van der Waals surface area contributed by atoms with E-state index in [0.29, 0.717) is 17.1 Å². The van der Waals surface area contributed by atoms with Crippen LogP contribution >= 0.6 is 0 Å². The molecule has 0 aliphatic carbocycles. The normalized spacial score (nSPS) is 10.4. The highest BCUT2D eigenvalue weighted by Gasteiger charge is 2.13. The summed E-state index contributed by atoms with van der Waals surface area (Å²) in [5.41, 5.74) is 2.52. The van der Waals surface area contributed by atoms with Crippen molar-refractivity contribution in [2.75, 3.05) is 10.6 Å². The number of aryl methyl sites for hydroxylation is 1. The summed E-state index contributed by atoms with van der Waals surface area (Å²) in [5.74, 6) is -0.649. The van der Waals surface area contributed by atoms with Gasteiger partial charge in [0, 0.05) is 36.6 Å². The number of nitrogens with one attached hydrogen (secondary N) is 2. The summed E-state index contributed by atoms with van der Waals surface area (Å²) in [7, 11) is 0. The summed E-state index contributed by atoms with van der Waals surface area (Å²) >= 11 is 0. The number of anilines is 2. The lowest BCUT2D eigenvalue weighted by molar-refractivity contribution is -0.384. The van der Waals surface area contributed by atoms with Gasteiger partial charge in [0.05, 0.1) is 10.6 Å². The number of hydrogen-bond donors (Lipinski definition) is 2. The number of rotatable bonds is 5. The van der Waals surface area contributed by atoms with Crippen LogP contribution in [0, 0.1) is 17.0 Å². The Hall–Kier alpha value is -4.01. The average Bonchev–Trinajstić information content (AvgIpc) is 3.14. The Morgan fingerprint density at radius 2 is 1.89 bits per heavy atom. The van der Waals surface area contributed by atoms with E-state index in [1.807, 2.05) is 6.92 Å². The quantitative estimate of drug-likeness (QED) is 0.521. The first-order valence-electron chi connectivity index (χ1n) is 8.33. The molecule has 0 saturated carbocycles. The third kappa shape index (κ3) is 4.21. The van der Waals surface area contributed by atoms with Crippen molar-refractivity contribution >= 4 is 28.9 Å². The number of amides is 2. The number of carbonyl (C=O) groups excluding carboxylic acids is 2. The first-order valence-corrected chi connectivity index (χ1v) is 8.33. The molecule has 28 heavy (non-hydrogen) atoms. The minimum Gasteiger partial charge on any atom is -0.326 e. The van der Waals surface area contributed by atoms with Crippen molar-refractivity contribution in [3.8, 4) is 5.69 Å². The number of carbonyl (C=O) groups is 2. The van der Waals surface area contributed by atoms with Gasteiger partial charge in [-0.15, -0.1) is 0 Å². The zero-order valence-corrected chi connectivity index (χ0v) is 15.2. The Labute approximate surface area is 160 Å². The molecule has 3 rings (SSSR count). The van der Waals surface area contributed by atoms with Gasteiger partial charge in [-0.05, 0) is 36.8 Å². The van der Waals surface area contributed by atoms with Gasteiger partial charge in [0.15, 0.2) is 5.69 Å². The number of nitro groups is 1. The molecule has 0 fully saturated rings. The van der Waals surface area contributed by atoms with E-state index in [9.17, 15) is 19.7 Å². The lowest BCUT2D eigenvalue weighted by atomic mass is 10.1. The fourth-order valence-corrected chi connectivity index (χ4v) is 2.56. The minimum absolute atomic E-state index is 0.0656. The van der Waals surface area contributed by atoms with Crippen LogP contribution in [-0.4, -0.2) is 26.5 Å². The second-order valence-electron chi connectivity index (χ2n) is 6.09. The molecule has 0 bridgehead atoms. The summed E-state index contributed by atoms with van der Waals surface area (Å²) in [6, 6.07) is 12.6. The molecule has 0 atom stereocenters. The molecule has 0 aliphatic rings. The summed E-state index contributed by atoms with van der Waals surface area (Å²) in [4.78, 5) is 34.1. The van der Waals surface area contributed by atoms with E-state index in [1.165, 1.54) is 29.8 Å². The molecule has 3 aromatic rings. The predicted octanol–water partition coefficient (Wildman–Crippen LogP) is 3.30. The number of non-ortho nitro benzene ring substituents is 1. The van der Waals surface area contributed by atoms with Crippen LogP contribution in [0.15, 0.2) is 54.7 Å². The molecule has 0 radical (unpaired) electrons. The van der Waals surface area contributed by atoms with Crippen molar-refractivity contribution in [2.24, 2.45) is 0 Å². The van der Waals surface area contributed by atoms with Crippen LogP contribution in [0.25, 0.3) is 5.69 Å². The number of nitrogens with zero attached hydrogens (tertiary/aromatic N) is 3. The molecule has 9 nitrogen and oxygen atoms in total. The number of hydrogen-bond acceptors (Lipinski definition) is 5. The average molecular weight is 379 g/mol. The molecule has 0 saturated heterocycles. The van der Waals surface area contributed by atoms with Crippen molar-refractivity contribution in [1.82, 2.24) is 9.78 Å². The highest BCUT2D eigenvalue weighted by atomic mass is 16.6. The van der Waals surface area contributed by atoms with E-state index in [0.717, 1.165) is 5.56 Å². The second-order valence-corrected chi connectivity index (χ2v) is 6.09. The fourth-order valence-electron chi connectivity index (χ4n) is 2.56. The topological polar surface area (TPSA) is 119 Å². The van der Waals surface area contributed by atoms with Gasteiger partial charge in [0.1, 0.15) is 0 Å². The van der Waals surface area contributed by atoms with Crippen molar-refractivity contribution < 1.29 is 14.5 Å². The lowest BCUT2D eigenvalue weighted by Gasteiger charge is -2.10. The third-order valence-electron chi connectivity index (χ3n) is 3.93. The Morgan fingerprint density at radius 1 is 1.11 bits per heavy atom. The highest BCUT2D eigenvalue weighted by Crippen LogP contribution is 2.21. The Balaban J connectivity index is 1.79. The number of benzene rings is 2. The third-order valence-corrected chi connectivity index (χ3v) is 3.93. The molecule has 9 heteroatoms. The Morgan fingerprint density at radius 3 is 2.61 bits per heavy atom. The molecule has 1 aromatic heterocycles. The van der Waals surface area contributed by atoms with Crippen LogP contribution in [0.1, 0.15) is 23.0 Å². The van der Waals surface area contributed by atoms with Crippen LogP contribution < -0.4 is 10.6 Å². The summed E-state index contributed by atoms with van der Waals surface area (Å²) in [5, 5.41) is 20.5. The molecular weight excluding hydrogens is 362 g/mol. The summed E-state index contributed by atoms with van der Waals surface area (Å²) < 4.78 is 1.39. The molecule has 0 unspecified atom stereocenters. The molecule has 1 heterocycles. The molecule has 2 N–H and O–H groups in total. The van der Waals surface area contributed by atoms with Gasteiger partial charge in [-0.3, -0.25) is 19.7 Å². The predicted molar refractivity (Wildman–Crippen MR) is 104 cm³/mol. The zero-order valence-electron chi connectivity index (χ0n) is 15.2. The lowest BCUT2D eigenvalue weighted by Crippen LogP contribution is -2.14. The fraction of sp³-hybridized carbons (Fsp3) is 0.105. The van der Waals surface area contributed by atoms with Gasteiger partial charge in [0.2, 0.25) is 5.91 Å². The zero-order chi connectivity index (χ0) is 20.3. The van der Waals surface area contributed by atoms with Crippen LogP contribution in [0.3, 0.4) is 0 Å². The van der Waals surface area contributed by atoms with Crippen molar-refractivity contribution in [2.45, 2.75) is 13.8 Å². The van der Waals surface area contributed by atoms with Crippen LogP contribution in [-0.2, 0) is 4.79 Å². The van der Waals surface area contributed by atoms with Crippen molar-refractivity contribution in [3.63, 3.8) is 0 Å². The Bertz CT molecular complexity index is 1070. The summed E-state index contributed by atoms with van der Waals surface area (Å²) in [6.45, 7) is 3.25. The van der Waals surface area contributed by atoms with Gasteiger partial charge < -0.3 is 10.6 Å². The standard InChI is InChI=1S/C19H17N5O4/c1-12-6-7-14(10-18(12)20-13(2)25)21-19(26)17-8-9-23(22-17)15-4-3-5-16(11-15)24(27)28/h3-11H,1-2H3,(H,20,25)(H,21,26). The molecule has 2 amide bonds. The maximum absolute atomic E-state index is 12.5. The molecular formula is C19H17N5O4.